The fourth-order valence-electron chi connectivity index (χ4n) is 3.21. The molecule has 0 spiro atoms. The Labute approximate surface area is 115 Å². The molecule has 110 valence electrons. The molecule has 2 aliphatic rings. The largest absolute Gasteiger partial charge is 0.355 e. The van der Waals surface area contributed by atoms with E-state index in [1.165, 1.54) is 6.42 Å². The summed E-state index contributed by atoms with van der Waals surface area (Å²) in [6, 6.07) is 0. The van der Waals surface area contributed by atoms with Crippen LogP contribution in [0.5, 0.6) is 0 Å². The molecule has 19 heavy (non-hydrogen) atoms. The molecule has 1 unspecified atom stereocenters. The fourth-order valence-corrected chi connectivity index (χ4v) is 5.07. The molecular weight excluding hydrogens is 264 g/mol. The monoisotopic (exact) mass is 288 g/mol. The minimum absolute atomic E-state index is 0.0268. The predicted molar refractivity (Wildman–Crippen MR) is 74.3 cm³/mol. The fraction of sp³-hybridized carbons (Fsp3) is 0.923. The van der Waals surface area contributed by atoms with Crippen LogP contribution in [-0.4, -0.2) is 38.9 Å². The molecule has 1 saturated carbocycles. The van der Waals surface area contributed by atoms with Gasteiger partial charge < -0.3 is 11.1 Å². The zero-order valence-corrected chi connectivity index (χ0v) is 12.2. The topological polar surface area (TPSA) is 89.3 Å². The summed E-state index contributed by atoms with van der Waals surface area (Å²) in [7, 11) is -2.87. The minimum Gasteiger partial charge on any atom is -0.355 e. The number of amides is 1. The summed E-state index contributed by atoms with van der Waals surface area (Å²) in [6.07, 6.45) is 5.68. The van der Waals surface area contributed by atoms with E-state index in [0.717, 1.165) is 25.7 Å². The van der Waals surface area contributed by atoms with E-state index in [2.05, 4.69) is 5.32 Å². The summed E-state index contributed by atoms with van der Waals surface area (Å²) in [6.45, 7) is 0.863. The number of nitrogens with two attached hydrogens (primary N) is 1. The minimum atomic E-state index is -2.87. The molecule has 1 heterocycles. The Morgan fingerprint density at radius 1 is 1.26 bits per heavy atom. The molecular formula is C13H24N2O3S. The first-order valence-electron chi connectivity index (χ1n) is 7.16. The van der Waals surface area contributed by atoms with E-state index in [9.17, 15) is 13.2 Å². The van der Waals surface area contributed by atoms with Gasteiger partial charge in [0.1, 0.15) is 0 Å². The van der Waals surface area contributed by atoms with Gasteiger partial charge >= 0.3 is 0 Å². The molecule has 1 amide bonds. The second-order valence-corrected chi connectivity index (χ2v) is 8.25. The van der Waals surface area contributed by atoms with E-state index >= 15 is 0 Å². The van der Waals surface area contributed by atoms with Crippen molar-refractivity contribution < 1.29 is 13.2 Å². The van der Waals surface area contributed by atoms with Gasteiger partial charge in [0.05, 0.1) is 16.9 Å². The van der Waals surface area contributed by atoms with Crippen LogP contribution >= 0.6 is 0 Å². The molecule has 0 aromatic carbocycles. The second-order valence-electron chi connectivity index (χ2n) is 6.02. The first-order chi connectivity index (χ1) is 8.97. The number of hydrogen-bond acceptors (Lipinski definition) is 4. The van der Waals surface area contributed by atoms with Crippen LogP contribution in [0.15, 0.2) is 0 Å². The van der Waals surface area contributed by atoms with E-state index in [1.54, 1.807) is 0 Å². The summed E-state index contributed by atoms with van der Waals surface area (Å²) in [4.78, 5) is 12.3. The van der Waals surface area contributed by atoms with Crippen molar-refractivity contribution in [3.8, 4) is 0 Å². The highest BCUT2D eigenvalue weighted by Gasteiger charge is 2.38. The van der Waals surface area contributed by atoms with Crippen molar-refractivity contribution in [3.05, 3.63) is 0 Å². The number of carbonyl (C=O) groups excluding carboxylic acids is 1. The van der Waals surface area contributed by atoms with Gasteiger partial charge in [-0.3, -0.25) is 4.79 Å². The van der Waals surface area contributed by atoms with Crippen LogP contribution in [0, 0.1) is 11.3 Å². The predicted octanol–water partition coefficient (Wildman–Crippen LogP) is 0.446. The van der Waals surface area contributed by atoms with Crippen molar-refractivity contribution >= 4 is 15.7 Å². The van der Waals surface area contributed by atoms with Crippen LogP contribution in [0.4, 0.5) is 0 Å². The van der Waals surface area contributed by atoms with E-state index < -0.39 is 15.3 Å². The quantitative estimate of drug-likeness (QED) is 0.786. The average molecular weight is 288 g/mol. The lowest BCUT2D eigenvalue weighted by molar-refractivity contribution is -0.132. The van der Waals surface area contributed by atoms with Gasteiger partial charge in [0.25, 0.3) is 0 Å². The van der Waals surface area contributed by atoms with Gasteiger partial charge in [-0.25, -0.2) is 8.42 Å². The van der Waals surface area contributed by atoms with Gasteiger partial charge in [0.15, 0.2) is 9.84 Å². The van der Waals surface area contributed by atoms with Crippen molar-refractivity contribution in [2.24, 2.45) is 17.1 Å². The normalized spacial score (nSPS) is 29.0. The average Bonchev–Trinajstić information content (AvgIpc) is 2.76. The molecule has 0 bridgehead atoms. The Morgan fingerprint density at radius 2 is 1.95 bits per heavy atom. The molecule has 1 aliphatic carbocycles. The molecule has 3 N–H and O–H groups in total. The number of sulfone groups is 1. The van der Waals surface area contributed by atoms with Gasteiger partial charge in [-0.1, -0.05) is 19.3 Å². The molecule has 0 radical (unpaired) electrons. The number of hydrogen-bond donors (Lipinski definition) is 2. The van der Waals surface area contributed by atoms with Gasteiger partial charge in [0.2, 0.25) is 5.91 Å². The maximum Gasteiger partial charge on any atom is 0.227 e. The third kappa shape index (κ3) is 3.48. The van der Waals surface area contributed by atoms with E-state index in [4.69, 9.17) is 5.73 Å². The molecule has 1 saturated heterocycles. The highest BCUT2D eigenvalue weighted by Crippen LogP contribution is 2.35. The molecule has 1 aliphatic heterocycles. The van der Waals surface area contributed by atoms with E-state index in [0.29, 0.717) is 19.5 Å². The number of carbonyl (C=O) groups is 1. The summed E-state index contributed by atoms with van der Waals surface area (Å²) in [5.74, 6) is 0.574. The molecule has 1 atom stereocenters. The van der Waals surface area contributed by atoms with Crippen molar-refractivity contribution in [1.29, 1.82) is 0 Å². The summed E-state index contributed by atoms with van der Waals surface area (Å²) in [5.41, 5.74) is 5.40. The van der Waals surface area contributed by atoms with Crippen molar-refractivity contribution in [2.45, 2.75) is 38.5 Å². The number of nitrogens with one attached hydrogen (secondary N) is 1. The van der Waals surface area contributed by atoms with Crippen LogP contribution in [0.2, 0.25) is 0 Å². The van der Waals surface area contributed by atoms with E-state index in [-0.39, 0.29) is 23.3 Å². The Balaban J connectivity index is 1.86. The Bertz CT molecular complexity index is 427. The first kappa shape index (κ1) is 14.8. The van der Waals surface area contributed by atoms with Crippen LogP contribution in [0.3, 0.4) is 0 Å². The lowest BCUT2D eigenvalue weighted by Crippen LogP contribution is -2.48. The molecule has 2 rings (SSSR count). The lowest BCUT2D eigenvalue weighted by atomic mass is 9.73. The van der Waals surface area contributed by atoms with Crippen LogP contribution in [0.1, 0.15) is 38.5 Å². The third-order valence-corrected chi connectivity index (χ3v) is 6.40. The Kier molecular flexibility index (Phi) is 4.50. The van der Waals surface area contributed by atoms with Crippen LogP contribution in [0.25, 0.3) is 0 Å². The van der Waals surface area contributed by atoms with Crippen LogP contribution in [-0.2, 0) is 14.6 Å². The smallest absolute Gasteiger partial charge is 0.227 e. The number of rotatable bonds is 4. The van der Waals surface area contributed by atoms with Crippen LogP contribution < -0.4 is 11.1 Å². The van der Waals surface area contributed by atoms with Crippen molar-refractivity contribution in [2.75, 3.05) is 24.6 Å². The zero-order chi connectivity index (χ0) is 13.9. The Morgan fingerprint density at radius 3 is 2.47 bits per heavy atom. The van der Waals surface area contributed by atoms with E-state index in [1.807, 2.05) is 0 Å². The highest BCUT2D eigenvalue weighted by molar-refractivity contribution is 7.91. The van der Waals surface area contributed by atoms with Gasteiger partial charge in [-0.15, -0.1) is 0 Å². The lowest BCUT2D eigenvalue weighted by Gasteiger charge is -2.34. The Hall–Kier alpha value is -0.620. The maximum atomic E-state index is 12.3. The van der Waals surface area contributed by atoms with Crippen molar-refractivity contribution in [3.63, 3.8) is 0 Å². The zero-order valence-electron chi connectivity index (χ0n) is 11.4. The van der Waals surface area contributed by atoms with Gasteiger partial charge in [-0.2, -0.15) is 0 Å². The maximum absolute atomic E-state index is 12.3. The summed E-state index contributed by atoms with van der Waals surface area (Å²) >= 11 is 0. The molecule has 6 heteroatoms. The van der Waals surface area contributed by atoms with Crippen molar-refractivity contribution in [1.82, 2.24) is 5.32 Å². The SMILES string of the molecule is NCC1(C(=O)NCC2CCS(=O)(=O)C2)CCCCC1. The molecule has 0 aromatic rings. The molecule has 0 aromatic heterocycles. The third-order valence-electron chi connectivity index (χ3n) is 4.56. The molecule has 5 nitrogen and oxygen atoms in total. The highest BCUT2D eigenvalue weighted by atomic mass is 32.2. The summed E-state index contributed by atoms with van der Waals surface area (Å²) in [5, 5.41) is 2.94. The van der Waals surface area contributed by atoms with Gasteiger partial charge in [0, 0.05) is 13.1 Å². The summed E-state index contributed by atoms with van der Waals surface area (Å²) < 4.78 is 22.7. The van der Waals surface area contributed by atoms with Gasteiger partial charge in [-0.05, 0) is 25.2 Å². The second kappa shape index (κ2) is 5.79. The first-order valence-corrected chi connectivity index (χ1v) is 8.98. The molecule has 2 fully saturated rings. The standard InChI is InChI=1S/C13H24N2O3S/c14-10-13(5-2-1-3-6-13)12(16)15-8-11-4-7-19(17,18)9-11/h11H,1-10,14H2,(H,15,16).